The molecule has 0 aliphatic heterocycles. The van der Waals surface area contributed by atoms with Crippen molar-refractivity contribution in [3.05, 3.63) is 41.6 Å². The maximum Gasteiger partial charge on any atom is 0.144 e. The van der Waals surface area contributed by atoms with E-state index in [1.807, 2.05) is 25.3 Å². The lowest BCUT2D eigenvalue weighted by Gasteiger charge is -2.22. The van der Waals surface area contributed by atoms with Crippen LogP contribution in [0.2, 0.25) is 0 Å². The molecule has 6 nitrogen and oxygen atoms in total. The van der Waals surface area contributed by atoms with Gasteiger partial charge in [-0.25, -0.2) is 4.98 Å². The normalized spacial score (nSPS) is 11.2. The summed E-state index contributed by atoms with van der Waals surface area (Å²) >= 11 is 0. The van der Waals surface area contributed by atoms with Crippen molar-refractivity contribution in [1.29, 1.82) is 10.5 Å². The summed E-state index contributed by atoms with van der Waals surface area (Å²) in [6.07, 6.45) is 1.74. The Hall–Kier alpha value is -3.51. The molecule has 2 aromatic heterocycles. The second-order valence-corrected chi connectivity index (χ2v) is 6.80. The lowest BCUT2D eigenvalue weighted by Crippen LogP contribution is -2.21. The number of rotatable bonds is 1. The number of nitrogens with zero attached hydrogens (tertiary/aromatic N) is 4. The fraction of sp³-hybridized carbons (Fsp3) is 0.211. The number of anilines is 1. The van der Waals surface area contributed by atoms with Crippen LogP contribution in [0.4, 0.5) is 5.82 Å². The van der Waals surface area contributed by atoms with E-state index in [1.165, 1.54) is 12.1 Å². The Morgan fingerprint density at radius 3 is 2.28 bits per heavy atom. The van der Waals surface area contributed by atoms with Gasteiger partial charge in [-0.1, -0.05) is 12.1 Å². The molecule has 0 amide bonds. The highest BCUT2D eigenvalue weighted by Gasteiger charge is 2.25. The van der Waals surface area contributed by atoms with Crippen molar-refractivity contribution >= 4 is 16.9 Å². The molecule has 0 atom stereocenters. The highest BCUT2D eigenvalue weighted by atomic mass is 16.3. The van der Waals surface area contributed by atoms with E-state index in [2.05, 4.69) is 17.1 Å². The second kappa shape index (κ2) is 5.54. The summed E-state index contributed by atoms with van der Waals surface area (Å²) in [4.78, 5) is 4.40. The standard InChI is InChI=1S/C19H17N5O/c1-19(2,3)24-10-12(8-20)16-15(11-4-6-13(25)7-5-11)14(9-21)17(22)23-18(16)24/h4-7,10,25H,1-3H3,(H2,22,23). The summed E-state index contributed by atoms with van der Waals surface area (Å²) < 4.78 is 1.89. The molecular formula is C19H17N5O. The van der Waals surface area contributed by atoms with Crippen molar-refractivity contribution in [1.82, 2.24) is 9.55 Å². The molecule has 0 fully saturated rings. The molecule has 3 rings (SSSR count). The van der Waals surface area contributed by atoms with E-state index in [4.69, 9.17) is 5.73 Å². The molecule has 3 N–H and O–H groups in total. The molecule has 0 bridgehead atoms. The molecule has 2 heterocycles. The molecule has 6 heteroatoms. The third kappa shape index (κ3) is 2.54. The molecule has 0 saturated carbocycles. The number of aromatic hydroxyl groups is 1. The number of hydrogen-bond donors (Lipinski definition) is 2. The molecule has 124 valence electrons. The third-order valence-electron chi connectivity index (χ3n) is 4.07. The van der Waals surface area contributed by atoms with E-state index in [0.717, 1.165) is 0 Å². The highest BCUT2D eigenvalue weighted by molar-refractivity contribution is 6.02. The Morgan fingerprint density at radius 1 is 1.12 bits per heavy atom. The van der Waals surface area contributed by atoms with Crippen LogP contribution in [0.3, 0.4) is 0 Å². The Morgan fingerprint density at radius 2 is 1.76 bits per heavy atom. The van der Waals surface area contributed by atoms with E-state index in [9.17, 15) is 15.6 Å². The minimum Gasteiger partial charge on any atom is -0.508 e. The quantitative estimate of drug-likeness (QED) is 0.709. The number of aromatic nitrogens is 2. The van der Waals surface area contributed by atoms with E-state index in [-0.39, 0.29) is 22.7 Å². The molecule has 0 aliphatic rings. The van der Waals surface area contributed by atoms with Gasteiger partial charge in [0.25, 0.3) is 0 Å². The van der Waals surface area contributed by atoms with Crippen LogP contribution in [0.15, 0.2) is 30.5 Å². The zero-order valence-corrected chi connectivity index (χ0v) is 14.2. The van der Waals surface area contributed by atoms with Crippen LogP contribution in [-0.2, 0) is 5.54 Å². The molecule has 0 saturated heterocycles. The zero-order chi connectivity index (χ0) is 18.4. The van der Waals surface area contributed by atoms with Gasteiger partial charge in [-0.3, -0.25) is 0 Å². The Bertz CT molecular complexity index is 1060. The van der Waals surface area contributed by atoms with E-state index >= 15 is 0 Å². The van der Waals surface area contributed by atoms with Gasteiger partial charge in [-0.2, -0.15) is 10.5 Å². The summed E-state index contributed by atoms with van der Waals surface area (Å²) in [5.74, 6) is 0.236. The topological polar surface area (TPSA) is 112 Å². The number of pyridine rings is 1. The molecule has 0 unspecified atom stereocenters. The zero-order valence-electron chi connectivity index (χ0n) is 14.2. The van der Waals surface area contributed by atoms with Crippen molar-refractivity contribution in [3.63, 3.8) is 0 Å². The van der Waals surface area contributed by atoms with Gasteiger partial charge in [0, 0.05) is 22.7 Å². The number of benzene rings is 1. The van der Waals surface area contributed by atoms with Gasteiger partial charge in [0.2, 0.25) is 0 Å². The van der Waals surface area contributed by atoms with Crippen LogP contribution < -0.4 is 5.73 Å². The number of fused-ring (bicyclic) bond motifs is 1. The maximum atomic E-state index is 9.62. The average Bonchev–Trinajstić information content (AvgIpc) is 2.92. The van der Waals surface area contributed by atoms with Crippen molar-refractivity contribution in [2.24, 2.45) is 0 Å². The van der Waals surface area contributed by atoms with Crippen LogP contribution in [0.5, 0.6) is 5.75 Å². The first-order chi connectivity index (χ1) is 11.8. The lowest BCUT2D eigenvalue weighted by atomic mass is 9.96. The molecular weight excluding hydrogens is 314 g/mol. The van der Waals surface area contributed by atoms with Gasteiger partial charge in [0.1, 0.15) is 34.9 Å². The summed E-state index contributed by atoms with van der Waals surface area (Å²) in [5, 5.41) is 29.4. The molecule has 3 aromatic rings. The smallest absolute Gasteiger partial charge is 0.144 e. The number of nitrogens with two attached hydrogens (primary N) is 1. The van der Waals surface area contributed by atoms with Gasteiger partial charge in [-0.15, -0.1) is 0 Å². The summed E-state index contributed by atoms with van der Waals surface area (Å²) in [6, 6.07) is 10.7. The van der Waals surface area contributed by atoms with E-state index in [1.54, 1.807) is 18.3 Å². The van der Waals surface area contributed by atoms with Crippen LogP contribution in [0, 0.1) is 22.7 Å². The molecule has 0 spiro atoms. The fourth-order valence-electron chi connectivity index (χ4n) is 2.90. The minimum absolute atomic E-state index is 0.117. The van der Waals surface area contributed by atoms with Crippen molar-refractivity contribution in [2.45, 2.75) is 26.3 Å². The molecule has 1 aromatic carbocycles. The predicted molar refractivity (Wildman–Crippen MR) is 95.7 cm³/mol. The largest absolute Gasteiger partial charge is 0.508 e. The maximum absolute atomic E-state index is 9.62. The predicted octanol–water partition coefficient (Wildman–Crippen LogP) is 3.49. The second-order valence-electron chi connectivity index (χ2n) is 6.80. The Kier molecular flexibility index (Phi) is 3.62. The van der Waals surface area contributed by atoms with Crippen molar-refractivity contribution in [3.8, 4) is 29.0 Å². The monoisotopic (exact) mass is 331 g/mol. The highest BCUT2D eigenvalue weighted by Crippen LogP contribution is 2.38. The molecule has 0 radical (unpaired) electrons. The van der Waals surface area contributed by atoms with Crippen molar-refractivity contribution in [2.75, 3.05) is 5.73 Å². The molecule has 0 aliphatic carbocycles. The first-order valence-electron chi connectivity index (χ1n) is 7.72. The minimum atomic E-state index is -0.312. The number of phenols is 1. The summed E-state index contributed by atoms with van der Waals surface area (Å²) in [7, 11) is 0. The first-order valence-corrected chi connectivity index (χ1v) is 7.72. The van der Waals surface area contributed by atoms with Crippen molar-refractivity contribution < 1.29 is 5.11 Å². The van der Waals surface area contributed by atoms with E-state index < -0.39 is 0 Å². The number of phenolic OH excluding ortho intramolecular Hbond substituents is 1. The van der Waals surface area contributed by atoms with E-state index in [0.29, 0.717) is 27.7 Å². The first kappa shape index (κ1) is 16.4. The Labute approximate surface area is 145 Å². The summed E-state index contributed by atoms with van der Waals surface area (Å²) in [6.45, 7) is 6.01. The average molecular weight is 331 g/mol. The number of nitriles is 2. The van der Waals surface area contributed by atoms with Gasteiger partial charge in [0.05, 0.1) is 5.56 Å². The number of nitrogen functional groups attached to an aromatic ring is 1. The van der Waals surface area contributed by atoms with Crippen LogP contribution in [0.1, 0.15) is 31.9 Å². The fourth-order valence-corrected chi connectivity index (χ4v) is 2.90. The third-order valence-corrected chi connectivity index (χ3v) is 4.07. The lowest BCUT2D eigenvalue weighted by molar-refractivity contribution is 0.408. The van der Waals surface area contributed by atoms with Gasteiger partial charge in [0.15, 0.2) is 0 Å². The Balaban J connectivity index is 2.54. The van der Waals surface area contributed by atoms with Crippen LogP contribution >= 0.6 is 0 Å². The van der Waals surface area contributed by atoms with Gasteiger partial charge < -0.3 is 15.4 Å². The van der Waals surface area contributed by atoms with Gasteiger partial charge >= 0.3 is 0 Å². The van der Waals surface area contributed by atoms with Crippen LogP contribution in [-0.4, -0.2) is 14.7 Å². The van der Waals surface area contributed by atoms with Gasteiger partial charge in [-0.05, 0) is 38.5 Å². The summed E-state index contributed by atoms with van der Waals surface area (Å²) in [5.41, 5.74) is 8.20. The number of hydrogen-bond acceptors (Lipinski definition) is 5. The SMILES string of the molecule is CC(C)(C)n1cc(C#N)c2c(-c3ccc(O)cc3)c(C#N)c(N)nc21. The van der Waals surface area contributed by atoms with Crippen LogP contribution in [0.25, 0.3) is 22.2 Å². The molecule has 25 heavy (non-hydrogen) atoms.